The van der Waals surface area contributed by atoms with E-state index < -0.39 is 0 Å². The van der Waals surface area contributed by atoms with Gasteiger partial charge in [-0.05, 0) is 36.8 Å². The number of benzene rings is 1. The predicted octanol–water partition coefficient (Wildman–Crippen LogP) is 1.95. The van der Waals surface area contributed by atoms with E-state index >= 15 is 0 Å². The number of amides is 1. The largest absolute Gasteiger partial charge is 0.322 e. The molecule has 1 amide bonds. The van der Waals surface area contributed by atoms with Crippen molar-refractivity contribution in [3.05, 3.63) is 59.4 Å². The van der Waals surface area contributed by atoms with Gasteiger partial charge in [0.15, 0.2) is 0 Å². The molecule has 0 fully saturated rings. The lowest BCUT2D eigenvalue weighted by Gasteiger charge is -2.05. The van der Waals surface area contributed by atoms with Crippen molar-refractivity contribution in [3.63, 3.8) is 0 Å². The predicted molar refractivity (Wildman–Crippen MR) is 79.3 cm³/mol. The lowest BCUT2D eigenvalue weighted by Crippen LogP contribution is -2.12. The van der Waals surface area contributed by atoms with Crippen LogP contribution in [0.15, 0.2) is 42.7 Å². The number of pyridine rings is 1. The first-order valence-electron chi connectivity index (χ1n) is 6.21. The van der Waals surface area contributed by atoms with Crippen molar-refractivity contribution in [2.24, 2.45) is 5.73 Å². The Morgan fingerprint density at radius 1 is 1.35 bits per heavy atom. The van der Waals surface area contributed by atoms with E-state index in [9.17, 15) is 4.79 Å². The fraction of sp³-hybridized carbons (Fsp3) is 0.125. The van der Waals surface area contributed by atoms with E-state index in [1.165, 1.54) is 0 Å². The maximum Gasteiger partial charge on any atom is 0.257 e. The molecule has 1 aromatic heterocycles. The van der Waals surface area contributed by atoms with E-state index in [0.29, 0.717) is 17.8 Å². The van der Waals surface area contributed by atoms with Crippen molar-refractivity contribution in [2.45, 2.75) is 6.92 Å². The summed E-state index contributed by atoms with van der Waals surface area (Å²) in [5, 5.41) is 2.82. The molecule has 0 atom stereocenters. The molecule has 0 aliphatic carbocycles. The minimum Gasteiger partial charge on any atom is -0.322 e. The van der Waals surface area contributed by atoms with E-state index in [-0.39, 0.29) is 5.91 Å². The zero-order chi connectivity index (χ0) is 14.4. The van der Waals surface area contributed by atoms with E-state index in [4.69, 9.17) is 5.73 Å². The number of nitrogens with one attached hydrogen (secondary N) is 1. The van der Waals surface area contributed by atoms with Gasteiger partial charge in [0.1, 0.15) is 0 Å². The highest BCUT2D eigenvalue weighted by Crippen LogP contribution is 2.12. The lowest BCUT2D eigenvalue weighted by atomic mass is 10.2. The fourth-order valence-corrected chi connectivity index (χ4v) is 1.71. The van der Waals surface area contributed by atoms with Gasteiger partial charge in [0.05, 0.1) is 12.1 Å². The summed E-state index contributed by atoms with van der Waals surface area (Å²) in [5.74, 6) is 5.52. The van der Waals surface area contributed by atoms with Crippen LogP contribution in [0.2, 0.25) is 0 Å². The zero-order valence-corrected chi connectivity index (χ0v) is 11.2. The van der Waals surface area contributed by atoms with Gasteiger partial charge in [-0.25, -0.2) is 0 Å². The maximum atomic E-state index is 12.1. The molecule has 0 bridgehead atoms. The van der Waals surface area contributed by atoms with Crippen molar-refractivity contribution in [2.75, 3.05) is 11.9 Å². The molecule has 20 heavy (non-hydrogen) atoms. The van der Waals surface area contributed by atoms with Crippen LogP contribution in [0, 0.1) is 18.8 Å². The van der Waals surface area contributed by atoms with Crippen LogP contribution in [0.1, 0.15) is 21.5 Å². The number of nitrogens with zero attached hydrogens (tertiary/aromatic N) is 1. The standard InChI is InChI=1S/C16H15N3O/c1-12-8-14(11-18-10-12)16(20)19-15-6-2-4-13(9-15)5-3-7-17/h2,4,6,8-11H,7,17H2,1H3,(H,19,20). The maximum absolute atomic E-state index is 12.1. The summed E-state index contributed by atoms with van der Waals surface area (Å²) < 4.78 is 0. The SMILES string of the molecule is Cc1cncc(C(=O)Nc2cccc(C#CCN)c2)c1. The summed E-state index contributed by atoms with van der Waals surface area (Å²) in [6, 6.07) is 9.12. The Balaban J connectivity index is 2.15. The average Bonchev–Trinajstić information content (AvgIpc) is 2.45. The fourth-order valence-electron chi connectivity index (χ4n) is 1.71. The highest BCUT2D eigenvalue weighted by atomic mass is 16.1. The van der Waals surface area contributed by atoms with Gasteiger partial charge < -0.3 is 11.1 Å². The molecule has 0 radical (unpaired) electrons. The number of carbonyl (C=O) groups is 1. The van der Waals surface area contributed by atoms with Crippen LogP contribution in [0.3, 0.4) is 0 Å². The summed E-state index contributed by atoms with van der Waals surface area (Å²) in [4.78, 5) is 16.1. The summed E-state index contributed by atoms with van der Waals surface area (Å²) in [7, 11) is 0. The summed E-state index contributed by atoms with van der Waals surface area (Å²) in [6.45, 7) is 2.21. The van der Waals surface area contributed by atoms with Gasteiger partial charge in [-0.3, -0.25) is 9.78 Å². The molecule has 0 aliphatic heterocycles. The second-order valence-corrected chi connectivity index (χ2v) is 4.29. The van der Waals surface area contributed by atoms with Gasteiger partial charge in [0.2, 0.25) is 0 Å². The van der Waals surface area contributed by atoms with Crippen LogP contribution >= 0.6 is 0 Å². The number of hydrogen-bond acceptors (Lipinski definition) is 3. The Morgan fingerprint density at radius 3 is 2.95 bits per heavy atom. The molecule has 4 nitrogen and oxygen atoms in total. The number of rotatable bonds is 2. The topological polar surface area (TPSA) is 68.0 Å². The molecule has 2 aromatic rings. The van der Waals surface area contributed by atoms with Crippen LogP contribution < -0.4 is 11.1 Å². The summed E-state index contributed by atoms with van der Waals surface area (Å²) in [5.41, 5.74) is 8.32. The second kappa shape index (κ2) is 6.50. The first kappa shape index (κ1) is 13.8. The molecule has 100 valence electrons. The molecule has 2 rings (SSSR count). The molecule has 0 saturated heterocycles. The second-order valence-electron chi connectivity index (χ2n) is 4.29. The lowest BCUT2D eigenvalue weighted by molar-refractivity contribution is 0.102. The van der Waals surface area contributed by atoms with Gasteiger partial charge in [0.25, 0.3) is 5.91 Å². The van der Waals surface area contributed by atoms with Crippen molar-refractivity contribution >= 4 is 11.6 Å². The minimum absolute atomic E-state index is 0.190. The number of hydrogen-bond donors (Lipinski definition) is 2. The number of aryl methyl sites for hydroxylation is 1. The summed E-state index contributed by atoms with van der Waals surface area (Å²) >= 11 is 0. The van der Waals surface area contributed by atoms with Gasteiger partial charge in [0, 0.05) is 23.6 Å². The highest BCUT2D eigenvalue weighted by molar-refractivity contribution is 6.04. The molecular formula is C16H15N3O. The van der Waals surface area contributed by atoms with E-state index in [1.54, 1.807) is 18.5 Å². The minimum atomic E-state index is -0.190. The molecule has 0 saturated carbocycles. The third kappa shape index (κ3) is 3.67. The first-order valence-corrected chi connectivity index (χ1v) is 6.21. The molecule has 0 aliphatic rings. The quantitative estimate of drug-likeness (QED) is 0.815. The van der Waals surface area contributed by atoms with Gasteiger partial charge in [-0.2, -0.15) is 0 Å². The van der Waals surface area contributed by atoms with Gasteiger partial charge >= 0.3 is 0 Å². The molecule has 0 unspecified atom stereocenters. The Labute approximate surface area is 118 Å². The van der Waals surface area contributed by atoms with Crippen molar-refractivity contribution in [1.82, 2.24) is 4.98 Å². The highest BCUT2D eigenvalue weighted by Gasteiger charge is 2.06. The average molecular weight is 265 g/mol. The van der Waals surface area contributed by atoms with Crippen LogP contribution in [-0.2, 0) is 0 Å². The van der Waals surface area contributed by atoms with E-state index in [0.717, 1.165) is 11.1 Å². The van der Waals surface area contributed by atoms with E-state index in [1.807, 2.05) is 31.2 Å². The van der Waals surface area contributed by atoms with Gasteiger partial charge in [-0.1, -0.05) is 17.9 Å². The molecule has 3 N–H and O–H groups in total. The number of anilines is 1. The van der Waals surface area contributed by atoms with Crippen molar-refractivity contribution < 1.29 is 4.79 Å². The monoisotopic (exact) mass is 265 g/mol. The van der Waals surface area contributed by atoms with Crippen LogP contribution in [0.5, 0.6) is 0 Å². The Morgan fingerprint density at radius 2 is 2.20 bits per heavy atom. The zero-order valence-electron chi connectivity index (χ0n) is 11.2. The van der Waals surface area contributed by atoms with Crippen LogP contribution in [0.4, 0.5) is 5.69 Å². The molecule has 1 heterocycles. The Bertz CT molecular complexity index is 683. The summed E-state index contributed by atoms with van der Waals surface area (Å²) in [6.07, 6.45) is 3.25. The van der Waals surface area contributed by atoms with Crippen molar-refractivity contribution in [1.29, 1.82) is 0 Å². The molecule has 4 heteroatoms. The number of aromatic nitrogens is 1. The molecule has 1 aromatic carbocycles. The molecule has 0 spiro atoms. The van der Waals surface area contributed by atoms with Gasteiger partial charge in [-0.15, -0.1) is 0 Å². The normalized spacial score (nSPS) is 9.50. The number of carbonyl (C=O) groups excluding carboxylic acids is 1. The van der Waals surface area contributed by atoms with E-state index in [2.05, 4.69) is 22.1 Å². The van der Waals surface area contributed by atoms with Crippen LogP contribution in [0.25, 0.3) is 0 Å². The smallest absolute Gasteiger partial charge is 0.257 e. The molecular weight excluding hydrogens is 250 g/mol. The number of nitrogens with two attached hydrogens (primary N) is 1. The van der Waals surface area contributed by atoms with Crippen molar-refractivity contribution in [3.8, 4) is 11.8 Å². The Kier molecular flexibility index (Phi) is 4.48. The first-order chi connectivity index (χ1) is 9.69. The van der Waals surface area contributed by atoms with Crippen LogP contribution in [-0.4, -0.2) is 17.4 Å². The Hall–Kier alpha value is -2.64. The third-order valence-corrected chi connectivity index (χ3v) is 2.59. The third-order valence-electron chi connectivity index (χ3n) is 2.59.